The summed E-state index contributed by atoms with van der Waals surface area (Å²) in [4.78, 5) is 49.0. The molecule has 4 atom stereocenters. The van der Waals surface area contributed by atoms with Crippen molar-refractivity contribution in [3.05, 3.63) is 46.9 Å². The highest BCUT2D eigenvalue weighted by Gasteiger charge is 2.51. The molecule has 0 aliphatic heterocycles. The summed E-state index contributed by atoms with van der Waals surface area (Å²) in [6.45, 7) is 1.33. The van der Waals surface area contributed by atoms with Gasteiger partial charge in [-0.05, 0) is 37.1 Å². The minimum absolute atomic E-state index is 0.216. The van der Waals surface area contributed by atoms with Gasteiger partial charge in [0.25, 0.3) is 0 Å². The summed E-state index contributed by atoms with van der Waals surface area (Å²) in [6.07, 6.45) is 2.47. The molecule has 7 N–H and O–H groups in total. The zero-order chi connectivity index (χ0) is 29.1. The number of allylic oxidation sites excluding steroid dienone is 3. The van der Waals surface area contributed by atoms with E-state index >= 15 is 0 Å². The first-order chi connectivity index (χ1) is 18.2. The van der Waals surface area contributed by atoms with E-state index in [1.165, 1.54) is 29.8 Å². The molecular weight excluding hydrogens is 532 g/mol. The molecule has 1 aliphatic carbocycles. The molecule has 1 aliphatic rings. The van der Waals surface area contributed by atoms with Gasteiger partial charge in [-0.2, -0.15) is 0 Å². The number of nitrogens with one attached hydrogen (secondary N) is 1. The first kappa shape index (κ1) is 29.6. The number of nitrogens with zero attached hydrogens (tertiary/aromatic N) is 3. The maximum Gasteiger partial charge on any atom is 0.327 e. The molecule has 39 heavy (non-hydrogen) atoms. The van der Waals surface area contributed by atoms with Gasteiger partial charge in [0.1, 0.15) is 17.6 Å². The number of benzene rings is 1. The summed E-state index contributed by atoms with van der Waals surface area (Å²) in [5, 5.41) is 29.1. The van der Waals surface area contributed by atoms with E-state index in [1.807, 2.05) is 0 Å². The van der Waals surface area contributed by atoms with Crippen molar-refractivity contribution >= 4 is 44.5 Å². The van der Waals surface area contributed by atoms with Gasteiger partial charge in [-0.25, -0.2) is 17.9 Å². The lowest BCUT2D eigenvalue weighted by atomic mass is 9.69. The number of carbonyl (C=O) groups is 4. The Bertz CT molecular complexity index is 1480. The van der Waals surface area contributed by atoms with Gasteiger partial charge in [0.2, 0.25) is 5.91 Å². The second-order valence-electron chi connectivity index (χ2n) is 9.48. The number of ketones is 1. The van der Waals surface area contributed by atoms with Crippen LogP contribution in [0.3, 0.4) is 0 Å². The van der Waals surface area contributed by atoms with Crippen molar-refractivity contribution in [1.82, 2.24) is 20.3 Å². The quantitative estimate of drug-likeness (QED) is 0.218. The molecule has 0 fully saturated rings. The van der Waals surface area contributed by atoms with Crippen LogP contribution in [0.5, 0.6) is 0 Å². The van der Waals surface area contributed by atoms with Crippen molar-refractivity contribution in [2.24, 2.45) is 23.9 Å². The maximum atomic E-state index is 13.4. The van der Waals surface area contributed by atoms with E-state index in [2.05, 4.69) is 15.6 Å². The van der Waals surface area contributed by atoms with E-state index in [0.29, 0.717) is 16.6 Å². The van der Waals surface area contributed by atoms with E-state index in [1.54, 1.807) is 25.2 Å². The molecule has 3 rings (SSSR count). The van der Waals surface area contributed by atoms with Crippen molar-refractivity contribution in [1.29, 1.82) is 0 Å². The van der Waals surface area contributed by atoms with Gasteiger partial charge in [-0.3, -0.25) is 14.4 Å². The average molecular weight is 563 g/mol. The zero-order valence-corrected chi connectivity index (χ0v) is 22.1. The van der Waals surface area contributed by atoms with Gasteiger partial charge in [0, 0.05) is 24.8 Å². The van der Waals surface area contributed by atoms with Crippen LogP contribution in [0, 0.1) is 5.41 Å². The lowest BCUT2D eigenvalue weighted by molar-refractivity contribution is -0.149. The first-order valence-corrected chi connectivity index (χ1v) is 13.5. The monoisotopic (exact) mass is 562 g/mol. The van der Waals surface area contributed by atoms with E-state index in [0.717, 1.165) is 0 Å². The van der Waals surface area contributed by atoms with E-state index < -0.39 is 75.6 Å². The molecular formula is C24H30N6O8S. The summed E-state index contributed by atoms with van der Waals surface area (Å²) in [6, 6.07) is 0.400. The number of nitrogens with two attached hydrogens (primary N) is 2. The van der Waals surface area contributed by atoms with Gasteiger partial charge in [-0.1, -0.05) is 23.4 Å². The molecule has 2 aromatic rings. The molecule has 1 amide bonds. The first-order valence-electron chi connectivity index (χ1n) is 11.9. The van der Waals surface area contributed by atoms with Gasteiger partial charge in [-0.15, -0.1) is 5.10 Å². The number of rotatable bonds is 12. The number of fused-ring (bicyclic) bond motifs is 1. The van der Waals surface area contributed by atoms with E-state index in [-0.39, 0.29) is 11.3 Å². The van der Waals surface area contributed by atoms with Crippen LogP contribution in [0.2, 0.25) is 0 Å². The molecule has 0 saturated carbocycles. The topological polar surface area (TPSA) is 238 Å². The van der Waals surface area contributed by atoms with Crippen LogP contribution in [0.1, 0.15) is 31.7 Å². The Balaban J connectivity index is 1.92. The molecule has 0 radical (unpaired) electrons. The van der Waals surface area contributed by atoms with Crippen molar-refractivity contribution < 1.29 is 37.8 Å². The van der Waals surface area contributed by atoms with Crippen LogP contribution in [-0.4, -0.2) is 75.4 Å². The Kier molecular flexibility index (Phi) is 8.67. The van der Waals surface area contributed by atoms with Crippen LogP contribution >= 0.6 is 0 Å². The molecule has 0 spiro atoms. The van der Waals surface area contributed by atoms with Crippen molar-refractivity contribution in [3.63, 3.8) is 0 Å². The largest absolute Gasteiger partial charge is 0.480 e. The number of amides is 1. The van der Waals surface area contributed by atoms with Gasteiger partial charge < -0.3 is 27.0 Å². The predicted molar refractivity (Wildman–Crippen MR) is 138 cm³/mol. The average Bonchev–Trinajstić information content (AvgIpc) is 3.24. The number of Topliss-reactive ketones (excluding diaryl/α,β-unsaturated/α-hetero) is 1. The summed E-state index contributed by atoms with van der Waals surface area (Å²) in [5.74, 6) is -5.07. The molecule has 1 aromatic heterocycles. The molecule has 1 aromatic carbocycles. The minimum atomic E-state index is -4.07. The Morgan fingerprint density at radius 1 is 1.18 bits per heavy atom. The number of sulfone groups is 1. The Morgan fingerprint density at radius 2 is 1.87 bits per heavy atom. The van der Waals surface area contributed by atoms with Gasteiger partial charge in [0.05, 0.1) is 22.7 Å². The lowest BCUT2D eigenvalue weighted by Crippen LogP contribution is -2.59. The molecule has 14 nitrogen and oxygen atoms in total. The Morgan fingerprint density at radius 3 is 2.49 bits per heavy atom. The molecule has 0 saturated heterocycles. The van der Waals surface area contributed by atoms with Crippen LogP contribution in [0.15, 0.2) is 41.3 Å². The highest BCUT2D eigenvalue weighted by molar-refractivity contribution is 7.94. The second-order valence-corrected chi connectivity index (χ2v) is 11.5. The van der Waals surface area contributed by atoms with Gasteiger partial charge in [0.15, 0.2) is 15.6 Å². The number of aryl methyl sites for hydroxylation is 1. The summed E-state index contributed by atoms with van der Waals surface area (Å²) >= 11 is 0. The molecule has 1 unspecified atom stereocenters. The summed E-state index contributed by atoms with van der Waals surface area (Å²) in [5.41, 5.74) is 10.8. The number of carboxylic acids is 2. The standard InChI is InChI=1S/C24H30N6O8S/c1-13(25)21(32)24(20(23(35)36)27-19(31)8-6-16(26)22(33)34)9-3-4-15(11-24)39(37,38)12-14-5-7-18-17(10-14)28-29-30(18)2/h3-5,7,9-10,13,16,20H,6,8,11-12,25-26H2,1-2H3,(H,27,31)(H,33,34)(H,35,36)/t13-,16-,20-,24?/m0/s1. The lowest BCUT2D eigenvalue weighted by Gasteiger charge is -2.38. The molecule has 0 bridgehead atoms. The maximum absolute atomic E-state index is 13.4. The zero-order valence-electron chi connectivity index (χ0n) is 21.3. The smallest absolute Gasteiger partial charge is 0.327 e. The minimum Gasteiger partial charge on any atom is -0.480 e. The fourth-order valence-corrected chi connectivity index (χ4v) is 5.97. The third-order valence-electron chi connectivity index (χ3n) is 6.51. The Labute approximate surface area is 223 Å². The highest BCUT2D eigenvalue weighted by Crippen LogP contribution is 2.40. The Hall–Kier alpha value is -3.95. The van der Waals surface area contributed by atoms with Crippen LogP contribution in [0.25, 0.3) is 11.0 Å². The third kappa shape index (κ3) is 6.38. The third-order valence-corrected chi connectivity index (χ3v) is 8.31. The molecule has 15 heteroatoms. The van der Waals surface area contributed by atoms with Crippen molar-refractivity contribution in [2.45, 2.75) is 50.1 Å². The van der Waals surface area contributed by atoms with E-state index in [9.17, 15) is 32.7 Å². The number of carbonyl (C=O) groups excluding carboxylic acids is 2. The van der Waals surface area contributed by atoms with Crippen LogP contribution in [-0.2, 0) is 41.8 Å². The normalized spacial score (nSPS) is 19.6. The van der Waals surface area contributed by atoms with Crippen molar-refractivity contribution in [2.75, 3.05) is 0 Å². The summed E-state index contributed by atoms with van der Waals surface area (Å²) in [7, 11) is -2.38. The molecule has 1 heterocycles. The predicted octanol–water partition coefficient (Wildman–Crippen LogP) is -0.609. The van der Waals surface area contributed by atoms with E-state index in [4.69, 9.17) is 16.6 Å². The number of aromatic nitrogens is 3. The van der Waals surface area contributed by atoms with Crippen molar-refractivity contribution in [3.8, 4) is 0 Å². The number of aliphatic carboxylic acids is 2. The fourth-order valence-electron chi connectivity index (χ4n) is 4.42. The fraction of sp³-hybridized carbons (Fsp3) is 0.417. The summed E-state index contributed by atoms with van der Waals surface area (Å²) < 4.78 is 28.4. The van der Waals surface area contributed by atoms with Crippen LogP contribution < -0.4 is 16.8 Å². The van der Waals surface area contributed by atoms with Gasteiger partial charge >= 0.3 is 11.9 Å². The van der Waals surface area contributed by atoms with Crippen LogP contribution in [0.4, 0.5) is 0 Å². The highest BCUT2D eigenvalue weighted by atomic mass is 32.2. The number of hydrogen-bond donors (Lipinski definition) is 5. The SMILES string of the molecule is C[C@H](N)C(=O)C1([C@@H](NC(=O)CC[C@H](N)C(=O)O)C(=O)O)C=CC=C(S(=O)(=O)Cc2ccc3c(c2)nnn3C)C1. The number of hydrogen-bond acceptors (Lipinski definition) is 10. The molecule has 210 valence electrons. The number of carboxylic acid groups (broad SMARTS) is 2. The second kappa shape index (κ2) is 11.4.